The number of aliphatic hydroxyl groups is 1. The molecule has 1 saturated heterocycles. The zero-order valence-electron chi connectivity index (χ0n) is 15.7. The molecule has 4 heterocycles. The second kappa shape index (κ2) is 7.33. The van der Waals surface area contributed by atoms with Gasteiger partial charge in [-0.2, -0.15) is 0 Å². The predicted molar refractivity (Wildman–Crippen MR) is 110 cm³/mol. The second-order valence-electron chi connectivity index (χ2n) is 7.40. The smallest absolute Gasteiger partial charge is 0.264 e. The Hall–Kier alpha value is -2.61. The molecule has 0 unspecified atom stereocenters. The molecule has 0 aliphatic carbocycles. The molecule has 1 fully saturated rings. The van der Waals surface area contributed by atoms with Crippen LogP contribution in [0.2, 0.25) is 5.02 Å². The van der Waals surface area contributed by atoms with Gasteiger partial charge in [-0.25, -0.2) is 4.98 Å². The third kappa shape index (κ3) is 3.25. The summed E-state index contributed by atoms with van der Waals surface area (Å²) in [4.78, 5) is 22.3. The van der Waals surface area contributed by atoms with Gasteiger partial charge in [0.25, 0.3) is 5.91 Å². The van der Waals surface area contributed by atoms with Gasteiger partial charge in [0.1, 0.15) is 11.4 Å². The zero-order valence-corrected chi connectivity index (χ0v) is 16.5. The first-order chi connectivity index (χ1) is 14.1. The summed E-state index contributed by atoms with van der Waals surface area (Å²) in [6.07, 6.45) is 1.69. The maximum absolute atomic E-state index is 13.0. The fourth-order valence-corrected chi connectivity index (χ4v) is 4.39. The van der Waals surface area contributed by atoms with Gasteiger partial charge in [0.15, 0.2) is 6.10 Å². The normalized spacial score (nSPS) is 18.7. The van der Waals surface area contributed by atoms with Crippen LogP contribution in [0, 0.1) is 0 Å². The van der Waals surface area contributed by atoms with Crippen LogP contribution in [0.25, 0.3) is 22.2 Å². The topological polar surface area (TPSA) is 90.5 Å². The maximum Gasteiger partial charge on any atom is 0.264 e. The van der Waals surface area contributed by atoms with Gasteiger partial charge in [-0.05, 0) is 29.8 Å². The van der Waals surface area contributed by atoms with E-state index in [0.29, 0.717) is 41.6 Å². The Morgan fingerprint density at radius 1 is 1.28 bits per heavy atom. The van der Waals surface area contributed by atoms with Crippen molar-refractivity contribution in [2.75, 3.05) is 26.2 Å². The first-order valence-electron chi connectivity index (χ1n) is 9.70. The summed E-state index contributed by atoms with van der Waals surface area (Å²) in [7, 11) is 0. The SMILES string of the molecule is O=C([C@H]1Cc2cc(Cl)cc(-c3ccnc4[nH]c(CO)cc34)c2O1)N1CCNCC1. The molecular formula is C21H21ClN4O3. The predicted octanol–water partition coefficient (Wildman–Crippen LogP) is 2.11. The van der Waals surface area contributed by atoms with E-state index >= 15 is 0 Å². The highest BCUT2D eigenvalue weighted by atomic mass is 35.5. The molecule has 3 aromatic rings. The number of nitrogens with zero attached hydrogens (tertiary/aromatic N) is 2. The van der Waals surface area contributed by atoms with E-state index in [-0.39, 0.29) is 12.5 Å². The lowest BCUT2D eigenvalue weighted by Gasteiger charge is -2.29. The van der Waals surface area contributed by atoms with Crippen molar-refractivity contribution in [3.8, 4) is 16.9 Å². The number of aliphatic hydroxyl groups excluding tert-OH is 1. The average molecular weight is 413 g/mol. The molecule has 7 nitrogen and oxygen atoms in total. The van der Waals surface area contributed by atoms with E-state index in [0.717, 1.165) is 35.2 Å². The zero-order chi connectivity index (χ0) is 20.0. The number of rotatable bonds is 3. The summed E-state index contributed by atoms with van der Waals surface area (Å²) in [5.41, 5.74) is 4.04. The molecule has 0 radical (unpaired) electrons. The number of aromatic amines is 1. The number of benzene rings is 1. The summed E-state index contributed by atoms with van der Waals surface area (Å²) >= 11 is 6.42. The molecule has 0 bridgehead atoms. The van der Waals surface area contributed by atoms with Gasteiger partial charge in [0.05, 0.1) is 6.61 Å². The molecule has 3 N–H and O–H groups in total. The first kappa shape index (κ1) is 18.4. The molecule has 1 aromatic carbocycles. The van der Waals surface area contributed by atoms with Gasteiger partial charge in [0.2, 0.25) is 0 Å². The van der Waals surface area contributed by atoms with Crippen molar-refractivity contribution in [1.82, 2.24) is 20.2 Å². The monoisotopic (exact) mass is 412 g/mol. The van der Waals surface area contributed by atoms with E-state index < -0.39 is 6.10 Å². The number of hydrogen-bond acceptors (Lipinski definition) is 5. The molecular weight excluding hydrogens is 392 g/mol. The Balaban J connectivity index is 1.54. The number of carbonyl (C=O) groups is 1. The molecule has 2 aliphatic heterocycles. The Labute approximate surface area is 172 Å². The van der Waals surface area contributed by atoms with Crippen molar-refractivity contribution in [3.05, 3.63) is 46.7 Å². The van der Waals surface area contributed by atoms with Crippen LogP contribution in [0.15, 0.2) is 30.5 Å². The van der Waals surface area contributed by atoms with Gasteiger partial charge in [-0.1, -0.05) is 11.6 Å². The number of carbonyl (C=O) groups excluding carboxylic acids is 1. The summed E-state index contributed by atoms with van der Waals surface area (Å²) in [6.45, 7) is 2.90. The van der Waals surface area contributed by atoms with Crippen molar-refractivity contribution in [1.29, 1.82) is 0 Å². The fourth-order valence-electron chi connectivity index (χ4n) is 4.15. The van der Waals surface area contributed by atoms with E-state index in [1.54, 1.807) is 6.20 Å². The minimum Gasteiger partial charge on any atom is -0.479 e. The van der Waals surface area contributed by atoms with E-state index in [1.165, 1.54) is 0 Å². The summed E-state index contributed by atoms with van der Waals surface area (Å²) in [5.74, 6) is 0.719. The summed E-state index contributed by atoms with van der Waals surface area (Å²) in [6, 6.07) is 7.51. The number of piperazine rings is 1. The fraction of sp³-hybridized carbons (Fsp3) is 0.333. The minimum absolute atomic E-state index is 0.0221. The minimum atomic E-state index is -0.531. The van der Waals surface area contributed by atoms with E-state index in [2.05, 4.69) is 15.3 Å². The molecule has 2 aromatic heterocycles. The van der Waals surface area contributed by atoms with Gasteiger partial charge in [0, 0.05) is 66.0 Å². The van der Waals surface area contributed by atoms with Crippen molar-refractivity contribution in [3.63, 3.8) is 0 Å². The number of hydrogen-bond donors (Lipinski definition) is 3. The molecule has 0 saturated carbocycles. The molecule has 1 atom stereocenters. The highest BCUT2D eigenvalue weighted by molar-refractivity contribution is 6.31. The van der Waals surface area contributed by atoms with Crippen LogP contribution < -0.4 is 10.1 Å². The van der Waals surface area contributed by atoms with Gasteiger partial charge in [-0.15, -0.1) is 0 Å². The van der Waals surface area contributed by atoms with Crippen LogP contribution in [-0.4, -0.2) is 58.2 Å². The number of halogens is 1. The quantitative estimate of drug-likeness (QED) is 0.613. The second-order valence-corrected chi connectivity index (χ2v) is 7.84. The number of fused-ring (bicyclic) bond motifs is 2. The third-order valence-electron chi connectivity index (χ3n) is 5.55. The third-order valence-corrected chi connectivity index (χ3v) is 5.77. The van der Waals surface area contributed by atoms with Crippen molar-refractivity contribution < 1.29 is 14.6 Å². The van der Waals surface area contributed by atoms with Gasteiger partial charge < -0.3 is 25.0 Å². The van der Waals surface area contributed by atoms with Crippen LogP contribution in [0.1, 0.15) is 11.3 Å². The lowest BCUT2D eigenvalue weighted by molar-refractivity contribution is -0.138. The van der Waals surface area contributed by atoms with Crippen molar-refractivity contribution in [2.45, 2.75) is 19.1 Å². The highest BCUT2D eigenvalue weighted by Crippen LogP contribution is 2.43. The maximum atomic E-state index is 13.0. The summed E-state index contributed by atoms with van der Waals surface area (Å²) < 4.78 is 6.19. The van der Waals surface area contributed by atoms with Gasteiger partial charge >= 0.3 is 0 Å². The van der Waals surface area contributed by atoms with Gasteiger partial charge in [-0.3, -0.25) is 4.79 Å². The van der Waals surface area contributed by atoms with Crippen molar-refractivity contribution >= 4 is 28.5 Å². The van der Waals surface area contributed by atoms with Crippen LogP contribution in [-0.2, 0) is 17.8 Å². The van der Waals surface area contributed by atoms with Crippen molar-refractivity contribution in [2.24, 2.45) is 0 Å². The summed E-state index contributed by atoms with van der Waals surface area (Å²) in [5, 5.41) is 14.2. The Morgan fingerprint density at radius 3 is 2.90 bits per heavy atom. The molecule has 29 heavy (non-hydrogen) atoms. The number of amides is 1. The molecule has 5 rings (SSSR count). The first-order valence-corrected chi connectivity index (χ1v) is 10.1. The number of aromatic nitrogens is 2. The lowest BCUT2D eigenvalue weighted by atomic mass is 9.99. The Bertz CT molecular complexity index is 1090. The van der Waals surface area contributed by atoms with E-state index in [9.17, 15) is 9.90 Å². The molecule has 0 spiro atoms. The molecule has 150 valence electrons. The lowest BCUT2D eigenvalue weighted by Crippen LogP contribution is -2.50. The number of ether oxygens (including phenoxy) is 1. The Morgan fingerprint density at radius 2 is 2.10 bits per heavy atom. The molecule has 1 amide bonds. The Kier molecular flexibility index (Phi) is 4.66. The number of nitrogens with one attached hydrogen (secondary N) is 2. The molecule has 2 aliphatic rings. The van der Waals surface area contributed by atoms with E-state index in [1.807, 2.05) is 29.2 Å². The molecule has 8 heteroatoms. The number of pyridine rings is 1. The van der Waals surface area contributed by atoms with Crippen LogP contribution in [0.4, 0.5) is 0 Å². The standard InChI is InChI=1S/C21H21ClN4O3/c22-13-7-12-8-18(21(28)26-5-3-23-4-6-26)29-19(12)16(9-13)15-1-2-24-20-17(15)10-14(11-27)25-20/h1-2,7,9-10,18,23,27H,3-6,8,11H2,(H,24,25)/t18-/m1/s1. The number of H-pyrrole nitrogens is 1. The van der Waals surface area contributed by atoms with Crippen LogP contribution in [0.5, 0.6) is 5.75 Å². The average Bonchev–Trinajstić information content (AvgIpc) is 3.36. The van der Waals surface area contributed by atoms with Crippen LogP contribution in [0.3, 0.4) is 0 Å². The van der Waals surface area contributed by atoms with E-state index in [4.69, 9.17) is 16.3 Å². The largest absolute Gasteiger partial charge is 0.479 e. The highest BCUT2D eigenvalue weighted by Gasteiger charge is 2.35. The van der Waals surface area contributed by atoms with Crippen LogP contribution >= 0.6 is 11.6 Å².